The minimum absolute atomic E-state index is 0.000974. The van der Waals surface area contributed by atoms with E-state index in [4.69, 9.17) is 11.6 Å². The molecule has 102 valence electrons. The molecule has 0 aliphatic rings. The highest BCUT2D eigenvalue weighted by atomic mass is 35.5. The predicted molar refractivity (Wildman–Crippen MR) is 69.6 cm³/mol. The summed E-state index contributed by atoms with van der Waals surface area (Å²) in [6, 6.07) is -0.760. The summed E-state index contributed by atoms with van der Waals surface area (Å²) in [5.41, 5.74) is 0. The first-order valence-corrected chi connectivity index (χ1v) is 7.83. The summed E-state index contributed by atoms with van der Waals surface area (Å²) >= 11 is 5.46. The third-order valence-electron chi connectivity index (χ3n) is 1.98. The lowest BCUT2D eigenvalue weighted by Gasteiger charge is -2.16. The normalized spacial score (nSPS) is 13.7. The quantitative estimate of drug-likeness (QED) is 0.512. The van der Waals surface area contributed by atoms with Crippen LogP contribution in [0.1, 0.15) is 33.6 Å². The summed E-state index contributed by atoms with van der Waals surface area (Å²) in [4.78, 5) is 11.5. The number of rotatable bonds is 8. The van der Waals surface area contributed by atoms with Gasteiger partial charge in [-0.3, -0.25) is 4.79 Å². The van der Waals surface area contributed by atoms with Crippen molar-refractivity contribution < 1.29 is 13.2 Å². The van der Waals surface area contributed by atoms with Gasteiger partial charge in [0.05, 0.1) is 11.8 Å². The Hall–Kier alpha value is -0.330. The summed E-state index contributed by atoms with van der Waals surface area (Å²) in [5.74, 6) is 0.124. The summed E-state index contributed by atoms with van der Waals surface area (Å²) in [6.07, 6.45) is 1.15. The fourth-order valence-electron chi connectivity index (χ4n) is 1.18. The molecule has 1 unspecified atom stereocenters. The molecule has 5 nitrogen and oxygen atoms in total. The third-order valence-corrected chi connectivity index (χ3v) is 3.78. The number of carbonyl (C=O) groups is 1. The molecule has 0 aromatic heterocycles. The number of carbonyl (C=O) groups excluding carboxylic acids is 1. The van der Waals surface area contributed by atoms with Crippen LogP contribution < -0.4 is 10.0 Å². The first-order valence-electron chi connectivity index (χ1n) is 5.65. The lowest BCUT2D eigenvalue weighted by molar-refractivity contribution is -0.122. The van der Waals surface area contributed by atoms with E-state index in [0.29, 0.717) is 18.7 Å². The van der Waals surface area contributed by atoms with E-state index in [1.165, 1.54) is 6.92 Å². The molecule has 1 atom stereocenters. The number of hydrogen-bond donors (Lipinski definition) is 2. The monoisotopic (exact) mass is 284 g/mol. The van der Waals surface area contributed by atoms with Gasteiger partial charge in [0.15, 0.2) is 0 Å². The van der Waals surface area contributed by atoms with Crippen molar-refractivity contribution in [2.45, 2.75) is 45.7 Å². The highest BCUT2D eigenvalue weighted by Gasteiger charge is 2.20. The number of nitrogens with one attached hydrogen (secondary N) is 2. The Morgan fingerprint density at radius 1 is 1.24 bits per heavy atom. The van der Waals surface area contributed by atoms with Crippen LogP contribution in [0.3, 0.4) is 0 Å². The molecule has 0 heterocycles. The minimum Gasteiger partial charge on any atom is -0.353 e. The van der Waals surface area contributed by atoms with Crippen molar-refractivity contribution in [3.05, 3.63) is 0 Å². The van der Waals surface area contributed by atoms with E-state index in [2.05, 4.69) is 10.0 Å². The predicted octanol–water partition coefficient (Wildman–Crippen LogP) is 0.838. The zero-order valence-corrected chi connectivity index (χ0v) is 12.1. The molecule has 0 saturated heterocycles. The second kappa shape index (κ2) is 7.89. The van der Waals surface area contributed by atoms with Gasteiger partial charge in [-0.25, -0.2) is 13.1 Å². The SMILES string of the molecule is CC(C)NC(=O)C(C)NS(=O)(=O)CCCCCl. The smallest absolute Gasteiger partial charge is 0.238 e. The molecule has 7 heteroatoms. The maximum absolute atomic E-state index is 11.6. The molecular weight excluding hydrogens is 264 g/mol. The number of alkyl halides is 1. The van der Waals surface area contributed by atoms with Gasteiger partial charge in [-0.15, -0.1) is 11.6 Å². The summed E-state index contributed by atoms with van der Waals surface area (Å²) in [7, 11) is -3.40. The van der Waals surface area contributed by atoms with E-state index < -0.39 is 16.1 Å². The molecule has 0 aliphatic carbocycles. The average molecular weight is 285 g/mol. The molecule has 0 radical (unpaired) electrons. The molecule has 2 N–H and O–H groups in total. The molecule has 0 bridgehead atoms. The van der Waals surface area contributed by atoms with E-state index in [9.17, 15) is 13.2 Å². The summed E-state index contributed by atoms with van der Waals surface area (Å²) in [6.45, 7) is 5.16. The number of sulfonamides is 1. The number of unbranched alkanes of at least 4 members (excludes halogenated alkanes) is 1. The maximum atomic E-state index is 11.6. The molecule has 0 rings (SSSR count). The van der Waals surface area contributed by atoms with E-state index in [0.717, 1.165) is 0 Å². The van der Waals surface area contributed by atoms with Crippen LogP contribution in [0, 0.1) is 0 Å². The van der Waals surface area contributed by atoms with E-state index in [-0.39, 0.29) is 17.7 Å². The Balaban J connectivity index is 4.17. The van der Waals surface area contributed by atoms with Gasteiger partial charge < -0.3 is 5.32 Å². The van der Waals surface area contributed by atoms with Crippen LogP contribution in [0.2, 0.25) is 0 Å². The number of amides is 1. The van der Waals surface area contributed by atoms with Crippen molar-refractivity contribution >= 4 is 27.5 Å². The van der Waals surface area contributed by atoms with Gasteiger partial charge in [-0.2, -0.15) is 0 Å². The van der Waals surface area contributed by atoms with Crippen LogP contribution in [0.25, 0.3) is 0 Å². The molecule has 0 aromatic carbocycles. The van der Waals surface area contributed by atoms with Gasteiger partial charge in [-0.1, -0.05) is 0 Å². The molecular formula is C10H21ClN2O3S. The first kappa shape index (κ1) is 16.7. The standard InChI is InChI=1S/C10H21ClN2O3S/c1-8(2)12-10(14)9(3)13-17(15,16)7-5-4-6-11/h8-9,13H,4-7H2,1-3H3,(H,12,14). The molecule has 0 aromatic rings. The molecule has 0 spiro atoms. The number of hydrogen-bond acceptors (Lipinski definition) is 3. The van der Waals surface area contributed by atoms with Crippen molar-refractivity contribution in [3.8, 4) is 0 Å². The zero-order valence-electron chi connectivity index (χ0n) is 10.5. The van der Waals surface area contributed by atoms with Crippen molar-refractivity contribution in [3.63, 3.8) is 0 Å². The second-order valence-electron chi connectivity index (χ2n) is 4.22. The molecule has 17 heavy (non-hydrogen) atoms. The molecule has 0 fully saturated rings. The third kappa shape index (κ3) is 8.40. The summed E-state index contributed by atoms with van der Waals surface area (Å²) in [5, 5.41) is 2.65. The number of halogens is 1. The highest BCUT2D eigenvalue weighted by molar-refractivity contribution is 7.89. The average Bonchev–Trinajstić information content (AvgIpc) is 2.15. The lowest BCUT2D eigenvalue weighted by atomic mass is 10.3. The Bertz CT molecular complexity index is 330. The van der Waals surface area contributed by atoms with Crippen LogP contribution >= 0.6 is 11.6 Å². The van der Waals surface area contributed by atoms with Crippen molar-refractivity contribution in [1.82, 2.24) is 10.0 Å². The highest BCUT2D eigenvalue weighted by Crippen LogP contribution is 1.98. The van der Waals surface area contributed by atoms with E-state index >= 15 is 0 Å². The Kier molecular flexibility index (Phi) is 7.74. The first-order chi connectivity index (χ1) is 7.78. The van der Waals surface area contributed by atoms with Gasteiger partial charge >= 0.3 is 0 Å². The molecule has 0 aliphatic heterocycles. The minimum atomic E-state index is -3.40. The maximum Gasteiger partial charge on any atom is 0.238 e. The van der Waals surface area contributed by atoms with E-state index in [1.54, 1.807) is 0 Å². The van der Waals surface area contributed by atoms with Gasteiger partial charge in [0.2, 0.25) is 15.9 Å². The van der Waals surface area contributed by atoms with Crippen molar-refractivity contribution in [2.75, 3.05) is 11.6 Å². The van der Waals surface area contributed by atoms with Crippen molar-refractivity contribution in [1.29, 1.82) is 0 Å². The largest absolute Gasteiger partial charge is 0.353 e. The van der Waals surface area contributed by atoms with Gasteiger partial charge in [0.25, 0.3) is 0 Å². The molecule has 0 saturated carbocycles. The lowest BCUT2D eigenvalue weighted by Crippen LogP contribution is -2.47. The van der Waals surface area contributed by atoms with Crippen LogP contribution in [-0.4, -0.2) is 38.0 Å². The fraction of sp³-hybridized carbons (Fsp3) is 0.900. The van der Waals surface area contributed by atoms with Gasteiger partial charge in [-0.05, 0) is 33.6 Å². The van der Waals surface area contributed by atoms with Crippen LogP contribution in [0.5, 0.6) is 0 Å². The van der Waals surface area contributed by atoms with Crippen molar-refractivity contribution in [2.24, 2.45) is 0 Å². The summed E-state index contributed by atoms with van der Waals surface area (Å²) < 4.78 is 25.5. The zero-order chi connectivity index (χ0) is 13.5. The van der Waals surface area contributed by atoms with Gasteiger partial charge in [0, 0.05) is 11.9 Å². The Morgan fingerprint density at radius 3 is 2.29 bits per heavy atom. The molecule has 1 amide bonds. The Labute approximate surface area is 108 Å². The van der Waals surface area contributed by atoms with Gasteiger partial charge in [0.1, 0.15) is 0 Å². The van der Waals surface area contributed by atoms with Crippen LogP contribution in [0.4, 0.5) is 0 Å². The fourth-order valence-corrected chi connectivity index (χ4v) is 2.71. The van der Waals surface area contributed by atoms with Crippen LogP contribution in [-0.2, 0) is 14.8 Å². The topological polar surface area (TPSA) is 75.3 Å². The second-order valence-corrected chi connectivity index (χ2v) is 6.47. The van der Waals surface area contributed by atoms with E-state index in [1.807, 2.05) is 13.8 Å². The van der Waals surface area contributed by atoms with Crippen LogP contribution in [0.15, 0.2) is 0 Å². The Morgan fingerprint density at radius 2 is 1.82 bits per heavy atom.